The monoisotopic (exact) mass is 361 g/mol. The Morgan fingerprint density at radius 3 is 2.74 bits per heavy atom. The van der Waals surface area contributed by atoms with Gasteiger partial charge in [0, 0.05) is 13.1 Å². The molecule has 1 aromatic carbocycles. The molecule has 7 nitrogen and oxygen atoms in total. The van der Waals surface area contributed by atoms with Gasteiger partial charge in [0.05, 0.1) is 17.6 Å². The molecule has 1 aliphatic rings. The number of hydrogen-bond acceptors (Lipinski definition) is 5. The van der Waals surface area contributed by atoms with Crippen molar-refractivity contribution in [3.8, 4) is 5.75 Å². The summed E-state index contributed by atoms with van der Waals surface area (Å²) in [6.45, 7) is 1.83. The first-order valence-electron chi connectivity index (χ1n) is 6.80. The zero-order chi connectivity index (χ0) is 16.2. The van der Waals surface area contributed by atoms with Gasteiger partial charge in [-0.25, -0.2) is 13.1 Å². The van der Waals surface area contributed by atoms with Crippen molar-refractivity contribution in [2.75, 3.05) is 26.7 Å². The minimum absolute atomic E-state index is 0. The Balaban J connectivity index is 0.00000264. The molecule has 0 radical (unpaired) electrons. The lowest BCUT2D eigenvalue weighted by Crippen LogP contribution is -2.30. The maximum atomic E-state index is 12.3. The summed E-state index contributed by atoms with van der Waals surface area (Å²) >= 11 is 0. The van der Waals surface area contributed by atoms with E-state index >= 15 is 0 Å². The van der Waals surface area contributed by atoms with Gasteiger partial charge in [-0.1, -0.05) is 11.6 Å². The highest BCUT2D eigenvalue weighted by Gasteiger charge is 2.19. The molecule has 0 saturated heterocycles. The molecule has 2 rings (SSSR count). The average molecular weight is 362 g/mol. The summed E-state index contributed by atoms with van der Waals surface area (Å²) in [4.78, 5) is 11.4. The van der Waals surface area contributed by atoms with Gasteiger partial charge in [-0.2, -0.15) is 0 Å². The Bertz CT molecular complexity index is 704. The Morgan fingerprint density at radius 1 is 1.43 bits per heavy atom. The van der Waals surface area contributed by atoms with Gasteiger partial charge in [0.25, 0.3) is 5.91 Å². The van der Waals surface area contributed by atoms with Gasteiger partial charge in [-0.3, -0.25) is 4.79 Å². The van der Waals surface area contributed by atoms with E-state index in [1.54, 1.807) is 0 Å². The second-order valence-electron chi connectivity index (χ2n) is 4.87. The summed E-state index contributed by atoms with van der Waals surface area (Å²) in [5.41, 5.74) is 6.31. The van der Waals surface area contributed by atoms with Crippen molar-refractivity contribution in [3.05, 3.63) is 35.4 Å². The van der Waals surface area contributed by atoms with E-state index < -0.39 is 15.9 Å². The van der Waals surface area contributed by atoms with Crippen LogP contribution in [0.15, 0.2) is 34.7 Å². The van der Waals surface area contributed by atoms with Gasteiger partial charge in [0.1, 0.15) is 5.75 Å². The second-order valence-corrected chi connectivity index (χ2v) is 6.63. The smallest absolute Gasteiger partial charge is 0.252 e. The van der Waals surface area contributed by atoms with Crippen molar-refractivity contribution < 1.29 is 17.9 Å². The van der Waals surface area contributed by atoms with E-state index in [9.17, 15) is 13.2 Å². The molecule has 0 aliphatic carbocycles. The van der Waals surface area contributed by atoms with E-state index in [0.717, 1.165) is 25.1 Å². The summed E-state index contributed by atoms with van der Waals surface area (Å²) in [5.74, 6) is -0.498. The number of nitrogens with one attached hydrogen (secondary N) is 2. The number of benzene rings is 1. The topological polar surface area (TPSA) is 111 Å². The Kier molecular flexibility index (Phi) is 7.01. The zero-order valence-corrected chi connectivity index (χ0v) is 14.3. The number of rotatable bonds is 6. The molecule has 1 amide bonds. The van der Waals surface area contributed by atoms with Crippen LogP contribution in [0.3, 0.4) is 0 Å². The van der Waals surface area contributed by atoms with Gasteiger partial charge in [-0.05, 0) is 31.2 Å². The maximum Gasteiger partial charge on any atom is 0.252 e. The van der Waals surface area contributed by atoms with E-state index in [1.165, 1.54) is 25.3 Å². The fourth-order valence-corrected chi connectivity index (χ4v) is 3.21. The number of methoxy groups -OCH3 is 1. The SMILES string of the molecule is COc1ccc(S(=O)(=O)NCC2=CCNCC2)cc1C(N)=O.Cl. The maximum absolute atomic E-state index is 12.3. The van der Waals surface area contributed by atoms with Crippen LogP contribution < -0.4 is 20.5 Å². The van der Waals surface area contributed by atoms with Crippen LogP contribution in [0.1, 0.15) is 16.8 Å². The van der Waals surface area contributed by atoms with Gasteiger partial charge < -0.3 is 15.8 Å². The number of nitrogens with two attached hydrogens (primary N) is 1. The van der Waals surface area contributed by atoms with Crippen LogP contribution in [0.4, 0.5) is 0 Å². The molecular formula is C14H20ClN3O4S. The highest BCUT2D eigenvalue weighted by Crippen LogP contribution is 2.22. The van der Waals surface area contributed by atoms with E-state index in [1.807, 2.05) is 6.08 Å². The first kappa shape index (κ1) is 19.4. The first-order chi connectivity index (χ1) is 10.4. The highest BCUT2D eigenvalue weighted by molar-refractivity contribution is 7.89. The summed E-state index contributed by atoms with van der Waals surface area (Å²) in [6.07, 6.45) is 2.77. The van der Waals surface area contributed by atoms with E-state index in [2.05, 4.69) is 10.0 Å². The molecule has 0 unspecified atom stereocenters. The van der Waals surface area contributed by atoms with Crippen molar-refractivity contribution >= 4 is 28.3 Å². The molecule has 0 atom stereocenters. The molecule has 128 valence electrons. The fourth-order valence-electron chi connectivity index (χ4n) is 2.15. The van der Waals surface area contributed by atoms with Crippen LogP contribution in [0.5, 0.6) is 5.75 Å². The molecule has 23 heavy (non-hydrogen) atoms. The molecule has 4 N–H and O–H groups in total. The molecule has 0 aromatic heterocycles. The molecular weight excluding hydrogens is 342 g/mol. The quantitative estimate of drug-likeness (QED) is 0.636. The number of sulfonamides is 1. The van der Waals surface area contributed by atoms with Crippen molar-refractivity contribution in [2.45, 2.75) is 11.3 Å². The van der Waals surface area contributed by atoms with E-state index in [-0.39, 0.29) is 35.2 Å². The fraction of sp³-hybridized carbons (Fsp3) is 0.357. The molecule has 0 spiro atoms. The molecule has 0 saturated carbocycles. The number of amides is 1. The van der Waals surface area contributed by atoms with Gasteiger partial charge in [0.2, 0.25) is 10.0 Å². The van der Waals surface area contributed by atoms with Crippen LogP contribution in [-0.2, 0) is 10.0 Å². The number of hydrogen-bond donors (Lipinski definition) is 3. The van der Waals surface area contributed by atoms with E-state index in [0.29, 0.717) is 0 Å². The first-order valence-corrected chi connectivity index (χ1v) is 8.28. The molecule has 9 heteroatoms. The Hall–Kier alpha value is -1.61. The third-order valence-corrected chi connectivity index (χ3v) is 4.79. The van der Waals surface area contributed by atoms with Crippen LogP contribution >= 0.6 is 12.4 Å². The molecule has 0 fully saturated rings. The van der Waals surface area contributed by atoms with Crippen molar-refractivity contribution in [2.24, 2.45) is 5.73 Å². The minimum atomic E-state index is -3.72. The van der Waals surface area contributed by atoms with Crippen LogP contribution in [0, 0.1) is 0 Å². The lowest BCUT2D eigenvalue weighted by molar-refractivity contribution is 0.0997. The minimum Gasteiger partial charge on any atom is -0.496 e. The van der Waals surface area contributed by atoms with Crippen molar-refractivity contribution in [1.29, 1.82) is 0 Å². The number of halogens is 1. The average Bonchev–Trinajstić information content (AvgIpc) is 2.53. The Labute approximate surface area is 141 Å². The van der Waals surface area contributed by atoms with Gasteiger partial charge >= 0.3 is 0 Å². The second kappa shape index (κ2) is 8.30. The van der Waals surface area contributed by atoms with Gasteiger partial charge in [0.15, 0.2) is 0 Å². The summed E-state index contributed by atoms with van der Waals surface area (Å²) < 4.78 is 32.1. The molecule has 1 aromatic rings. The number of carbonyl (C=O) groups excluding carboxylic acids is 1. The highest BCUT2D eigenvalue weighted by atomic mass is 35.5. The molecule has 0 bridgehead atoms. The summed E-state index contributed by atoms with van der Waals surface area (Å²) in [7, 11) is -2.33. The predicted octanol–water partition coefficient (Wildman–Crippen LogP) is 0.414. The van der Waals surface area contributed by atoms with E-state index in [4.69, 9.17) is 10.5 Å². The number of carbonyl (C=O) groups is 1. The van der Waals surface area contributed by atoms with Crippen molar-refractivity contribution in [1.82, 2.24) is 10.0 Å². The zero-order valence-electron chi connectivity index (χ0n) is 12.7. The van der Waals surface area contributed by atoms with Gasteiger partial charge in [-0.15, -0.1) is 12.4 Å². The lowest BCUT2D eigenvalue weighted by atomic mass is 10.1. The lowest BCUT2D eigenvalue weighted by Gasteiger charge is -2.15. The third-order valence-electron chi connectivity index (χ3n) is 3.39. The largest absolute Gasteiger partial charge is 0.496 e. The number of ether oxygens (including phenoxy) is 1. The molecule has 1 heterocycles. The Morgan fingerprint density at radius 2 is 2.17 bits per heavy atom. The predicted molar refractivity (Wildman–Crippen MR) is 89.5 cm³/mol. The van der Waals surface area contributed by atoms with Crippen molar-refractivity contribution in [3.63, 3.8) is 0 Å². The third kappa shape index (κ3) is 4.93. The number of primary amides is 1. The normalized spacial score (nSPS) is 14.6. The van der Waals surface area contributed by atoms with Crippen LogP contribution in [0.25, 0.3) is 0 Å². The molecule has 1 aliphatic heterocycles. The summed E-state index contributed by atoms with van der Waals surface area (Å²) in [6, 6.07) is 4.02. The summed E-state index contributed by atoms with van der Waals surface area (Å²) in [5, 5.41) is 3.16. The standard InChI is InChI=1S/C14H19N3O4S.ClH/c1-21-13-3-2-11(8-12(13)14(15)18)22(19,20)17-9-10-4-6-16-7-5-10;/h2-4,8,16-17H,5-7,9H2,1H3,(H2,15,18);1H. The van der Waals surface area contributed by atoms with Crippen LogP contribution in [-0.4, -0.2) is 41.1 Å². The van der Waals surface area contributed by atoms with Crippen LogP contribution in [0.2, 0.25) is 0 Å².